The zero-order valence-electron chi connectivity index (χ0n) is 9.28. The lowest BCUT2D eigenvalue weighted by molar-refractivity contribution is 0.178. The molecule has 0 aliphatic heterocycles. The quantitative estimate of drug-likeness (QED) is 0.930. The van der Waals surface area contributed by atoms with Crippen molar-refractivity contribution >= 4 is 23.2 Å². The number of aromatic nitrogens is 1. The second-order valence-corrected chi connectivity index (χ2v) is 4.67. The van der Waals surface area contributed by atoms with Crippen LogP contribution in [0.1, 0.15) is 17.2 Å². The van der Waals surface area contributed by atoms with Gasteiger partial charge in [0.2, 0.25) is 0 Å². The molecule has 2 aromatic rings. The van der Waals surface area contributed by atoms with Gasteiger partial charge in [-0.05, 0) is 23.8 Å². The Morgan fingerprint density at radius 3 is 2.67 bits per heavy atom. The Kier molecular flexibility index (Phi) is 4.17. The molecule has 1 aromatic carbocycles. The Balaban J connectivity index is 2.21. The summed E-state index contributed by atoms with van der Waals surface area (Å²) in [6.45, 7) is 0. The predicted octanol–water partition coefficient (Wildman–Crippen LogP) is 3.80. The highest BCUT2D eigenvalue weighted by atomic mass is 35.5. The molecule has 0 aliphatic carbocycles. The Hall–Kier alpha value is -1.16. The summed E-state index contributed by atoms with van der Waals surface area (Å²) in [6.07, 6.45) is 2.48. The van der Waals surface area contributed by atoms with Gasteiger partial charge < -0.3 is 5.11 Å². The molecule has 0 bridgehead atoms. The lowest BCUT2D eigenvalue weighted by atomic mass is 10.0. The zero-order chi connectivity index (χ0) is 13.1. The van der Waals surface area contributed by atoms with E-state index in [9.17, 15) is 9.50 Å². The first kappa shape index (κ1) is 13.3. The van der Waals surface area contributed by atoms with Crippen molar-refractivity contribution in [1.82, 2.24) is 4.98 Å². The van der Waals surface area contributed by atoms with Crippen LogP contribution in [-0.2, 0) is 6.42 Å². The van der Waals surface area contributed by atoms with Crippen LogP contribution in [-0.4, -0.2) is 10.1 Å². The normalized spacial score (nSPS) is 12.4. The molecule has 1 atom stereocenters. The SMILES string of the molecule is OC(Cc1ccc(F)cc1Cl)c1ccncc1Cl. The van der Waals surface area contributed by atoms with Gasteiger partial charge in [0.25, 0.3) is 0 Å². The number of pyridine rings is 1. The molecule has 18 heavy (non-hydrogen) atoms. The second-order valence-electron chi connectivity index (χ2n) is 3.85. The Morgan fingerprint density at radius 1 is 1.22 bits per heavy atom. The number of rotatable bonds is 3. The lowest BCUT2D eigenvalue weighted by Gasteiger charge is -2.13. The Bertz CT molecular complexity index is 562. The van der Waals surface area contributed by atoms with Crippen LogP contribution in [0.4, 0.5) is 4.39 Å². The summed E-state index contributed by atoms with van der Waals surface area (Å²) < 4.78 is 12.9. The van der Waals surface area contributed by atoms with E-state index in [0.717, 1.165) is 0 Å². The van der Waals surface area contributed by atoms with Gasteiger partial charge in [-0.3, -0.25) is 4.98 Å². The maximum atomic E-state index is 12.9. The highest BCUT2D eigenvalue weighted by molar-refractivity contribution is 6.31. The number of benzene rings is 1. The summed E-state index contributed by atoms with van der Waals surface area (Å²) in [5.74, 6) is -0.403. The third-order valence-corrected chi connectivity index (χ3v) is 3.26. The van der Waals surface area contributed by atoms with E-state index < -0.39 is 11.9 Å². The van der Waals surface area contributed by atoms with Gasteiger partial charge in [0.15, 0.2) is 0 Å². The number of nitrogens with zero attached hydrogens (tertiary/aromatic N) is 1. The molecule has 0 fully saturated rings. The Morgan fingerprint density at radius 2 is 2.00 bits per heavy atom. The fourth-order valence-electron chi connectivity index (χ4n) is 1.66. The van der Waals surface area contributed by atoms with Crippen molar-refractivity contribution in [2.45, 2.75) is 12.5 Å². The van der Waals surface area contributed by atoms with Gasteiger partial charge in [-0.25, -0.2) is 4.39 Å². The highest BCUT2D eigenvalue weighted by Gasteiger charge is 2.14. The summed E-state index contributed by atoms with van der Waals surface area (Å²) in [5.41, 5.74) is 1.24. The minimum absolute atomic E-state index is 0.267. The van der Waals surface area contributed by atoms with E-state index in [-0.39, 0.29) is 6.42 Å². The van der Waals surface area contributed by atoms with Crippen molar-refractivity contribution in [1.29, 1.82) is 0 Å². The van der Waals surface area contributed by atoms with Crippen LogP contribution >= 0.6 is 23.2 Å². The van der Waals surface area contributed by atoms with Crippen molar-refractivity contribution in [3.05, 3.63) is 63.6 Å². The fraction of sp³-hybridized carbons (Fsp3) is 0.154. The van der Waals surface area contributed by atoms with Crippen LogP contribution < -0.4 is 0 Å². The molecule has 0 radical (unpaired) electrons. The molecule has 94 valence electrons. The first-order valence-electron chi connectivity index (χ1n) is 5.29. The molecular weight excluding hydrogens is 276 g/mol. The minimum Gasteiger partial charge on any atom is -0.388 e. The van der Waals surface area contributed by atoms with E-state index in [1.54, 1.807) is 18.3 Å². The molecule has 0 spiro atoms. The van der Waals surface area contributed by atoms with E-state index in [4.69, 9.17) is 23.2 Å². The summed E-state index contributed by atoms with van der Waals surface area (Å²) in [4.78, 5) is 3.84. The third-order valence-electron chi connectivity index (χ3n) is 2.59. The third kappa shape index (κ3) is 2.99. The molecule has 2 rings (SSSR count). The highest BCUT2D eigenvalue weighted by Crippen LogP contribution is 2.27. The molecule has 5 heteroatoms. The van der Waals surface area contributed by atoms with Crippen molar-refractivity contribution in [2.75, 3.05) is 0 Å². The Labute approximate surface area is 114 Å². The zero-order valence-corrected chi connectivity index (χ0v) is 10.8. The van der Waals surface area contributed by atoms with Gasteiger partial charge in [-0.2, -0.15) is 0 Å². The summed E-state index contributed by atoms with van der Waals surface area (Å²) in [7, 11) is 0. The van der Waals surface area contributed by atoms with Crippen LogP contribution in [0.2, 0.25) is 10.0 Å². The van der Waals surface area contributed by atoms with Crippen molar-refractivity contribution in [3.8, 4) is 0 Å². The van der Waals surface area contributed by atoms with Gasteiger partial charge in [-0.1, -0.05) is 29.3 Å². The van der Waals surface area contributed by atoms with Gasteiger partial charge in [0.1, 0.15) is 5.82 Å². The first-order chi connectivity index (χ1) is 8.58. The first-order valence-corrected chi connectivity index (χ1v) is 6.05. The maximum absolute atomic E-state index is 12.9. The van der Waals surface area contributed by atoms with Gasteiger partial charge in [0.05, 0.1) is 11.1 Å². The monoisotopic (exact) mass is 285 g/mol. The average Bonchev–Trinajstić information content (AvgIpc) is 2.33. The maximum Gasteiger partial charge on any atom is 0.124 e. The van der Waals surface area contributed by atoms with E-state index in [1.165, 1.54) is 18.3 Å². The van der Waals surface area contributed by atoms with E-state index in [2.05, 4.69) is 4.98 Å². The number of hydrogen-bond donors (Lipinski definition) is 1. The topological polar surface area (TPSA) is 33.1 Å². The largest absolute Gasteiger partial charge is 0.388 e. The van der Waals surface area contributed by atoms with Gasteiger partial charge >= 0.3 is 0 Å². The molecule has 1 N–H and O–H groups in total. The standard InChI is InChI=1S/C13H10Cl2FNO/c14-11-6-9(16)2-1-8(11)5-13(18)10-3-4-17-7-12(10)15/h1-4,6-7,13,18H,5H2. The van der Waals surface area contributed by atoms with E-state index in [0.29, 0.717) is 21.2 Å². The second kappa shape index (κ2) is 5.65. The molecule has 2 nitrogen and oxygen atoms in total. The number of hydrogen-bond acceptors (Lipinski definition) is 2. The number of aliphatic hydroxyl groups excluding tert-OH is 1. The molecule has 1 heterocycles. The molecule has 1 aromatic heterocycles. The van der Waals surface area contributed by atoms with Crippen molar-refractivity contribution in [2.24, 2.45) is 0 Å². The molecular formula is C13H10Cl2FNO. The van der Waals surface area contributed by atoms with E-state index >= 15 is 0 Å². The van der Waals surface area contributed by atoms with Gasteiger partial charge in [0, 0.05) is 29.4 Å². The predicted molar refractivity (Wildman–Crippen MR) is 69.3 cm³/mol. The summed E-state index contributed by atoms with van der Waals surface area (Å²) in [5, 5.41) is 10.8. The van der Waals surface area contributed by atoms with Crippen LogP contribution in [0.3, 0.4) is 0 Å². The molecule has 0 amide bonds. The van der Waals surface area contributed by atoms with Crippen molar-refractivity contribution in [3.63, 3.8) is 0 Å². The minimum atomic E-state index is -0.802. The number of halogens is 3. The smallest absolute Gasteiger partial charge is 0.124 e. The van der Waals surface area contributed by atoms with Crippen molar-refractivity contribution < 1.29 is 9.50 Å². The molecule has 1 unspecified atom stereocenters. The average molecular weight is 286 g/mol. The lowest BCUT2D eigenvalue weighted by Crippen LogP contribution is -2.03. The van der Waals surface area contributed by atoms with Gasteiger partial charge in [-0.15, -0.1) is 0 Å². The van der Waals surface area contributed by atoms with Crippen LogP contribution in [0.15, 0.2) is 36.7 Å². The molecule has 0 saturated heterocycles. The summed E-state index contributed by atoms with van der Waals surface area (Å²) >= 11 is 11.8. The van der Waals surface area contributed by atoms with E-state index in [1.807, 2.05) is 0 Å². The molecule has 0 saturated carbocycles. The van der Waals surface area contributed by atoms with Crippen LogP contribution in [0.25, 0.3) is 0 Å². The summed E-state index contributed by atoms with van der Waals surface area (Å²) in [6, 6.07) is 5.72. The fourth-order valence-corrected chi connectivity index (χ4v) is 2.15. The number of aliphatic hydroxyl groups is 1. The molecule has 0 aliphatic rings. The van der Waals surface area contributed by atoms with Crippen LogP contribution in [0.5, 0.6) is 0 Å². The van der Waals surface area contributed by atoms with Crippen LogP contribution in [0, 0.1) is 5.82 Å².